The van der Waals surface area contributed by atoms with Crippen LogP contribution in [0.3, 0.4) is 0 Å². The molecule has 1 aromatic carbocycles. The van der Waals surface area contributed by atoms with Gasteiger partial charge < -0.3 is 11.1 Å². The average Bonchev–Trinajstić information content (AvgIpc) is 2.41. The fourth-order valence-corrected chi connectivity index (χ4v) is 1.85. The highest BCUT2D eigenvalue weighted by Gasteiger charge is 2.07. The van der Waals surface area contributed by atoms with Crippen molar-refractivity contribution in [2.45, 2.75) is 19.4 Å². The second kappa shape index (κ2) is 6.17. The van der Waals surface area contributed by atoms with Crippen molar-refractivity contribution in [2.24, 2.45) is 5.73 Å². The summed E-state index contributed by atoms with van der Waals surface area (Å²) in [7, 11) is 0. The van der Waals surface area contributed by atoms with Gasteiger partial charge in [-0.3, -0.25) is 0 Å². The first-order chi connectivity index (χ1) is 8.78. The van der Waals surface area contributed by atoms with Gasteiger partial charge in [-0.05, 0) is 30.5 Å². The first kappa shape index (κ1) is 12.6. The van der Waals surface area contributed by atoms with E-state index in [4.69, 9.17) is 5.73 Å². The normalized spacial score (nSPS) is 12.1. The van der Waals surface area contributed by atoms with Crippen LogP contribution in [0.25, 0.3) is 0 Å². The Morgan fingerprint density at radius 2 is 1.94 bits per heavy atom. The van der Waals surface area contributed by atoms with Gasteiger partial charge in [-0.25, -0.2) is 4.98 Å². The molecule has 3 heteroatoms. The SMILES string of the molecule is Cc1ccc(NC(CN)Cc2ccccc2)nc1. The van der Waals surface area contributed by atoms with E-state index in [0.29, 0.717) is 6.54 Å². The quantitative estimate of drug-likeness (QED) is 0.845. The highest BCUT2D eigenvalue weighted by atomic mass is 15.0. The van der Waals surface area contributed by atoms with E-state index < -0.39 is 0 Å². The summed E-state index contributed by atoms with van der Waals surface area (Å²) in [4.78, 5) is 4.34. The van der Waals surface area contributed by atoms with Crippen molar-refractivity contribution in [2.75, 3.05) is 11.9 Å². The number of pyridine rings is 1. The van der Waals surface area contributed by atoms with Crippen molar-refractivity contribution in [3.63, 3.8) is 0 Å². The minimum absolute atomic E-state index is 0.211. The van der Waals surface area contributed by atoms with Gasteiger partial charge in [-0.15, -0.1) is 0 Å². The first-order valence-electron chi connectivity index (χ1n) is 6.21. The first-order valence-corrected chi connectivity index (χ1v) is 6.21. The van der Waals surface area contributed by atoms with Gasteiger partial charge >= 0.3 is 0 Å². The molecule has 18 heavy (non-hydrogen) atoms. The summed E-state index contributed by atoms with van der Waals surface area (Å²) < 4.78 is 0. The van der Waals surface area contributed by atoms with Crippen LogP contribution in [-0.4, -0.2) is 17.6 Å². The van der Waals surface area contributed by atoms with Crippen molar-refractivity contribution >= 4 is 5.82 Å². The maximum Gasteiger partial charge on any atom is 0.126 e. The Hall–Kier alpha value is -1.87. The Labute approximate surface area is 108 Å². The Kier molecular flexibility index (Phi) is 4.31. The lowest BCUT2D eigenvalue weighted by molar-refractivity contribution is 0.720. The van der Waals surface area contributed by atoms with E-state index in [2.05, 4.69) is 22.4 Å². The maximum absolute atomic E-state index is 5.81. The van der Waals surface area contributed by atoms with Crippen LogP contribution in [0, 0.1) is 6.92 Å². The molecule has 2 rings (SSSR count). The molecular weight excluding hydrogens is 222 g/mol. The summed E-state index contributed by atoms with van der Waals surface area (Å²) in [6, 6.07) is 14.6. The summed E-state index contributed by atoms with van der Waals surface area (Å²) in [6.07, 6.45) is 2.77. The van der Waals surface area contributed by atoms with Gasteiger partial charge in [0.2, 0.25) is 0 Å². The van der Waals surface area contributed by atoms with Crippen LogP contribution in [0.4, 0.5) is 5.82 Å². The van der Waals surface area contributed by atoms with E-state index in [-0.39, 0.29) is 6.04 Å². The van der Waals surface area contributed by atoms with Gasteiger partial charge in [0.15, 0.2) is 0 Å². The molecule has 2 aromatic rings. The molecule has 3 N–H and O–H groups in total. The molecule has 0 radical (unpaired) electrons. The Morgan fingerprint density at radius 3 is 2.56 bits per heavy atom. The number of rotatable bonds is 5. The van der Waals surface area contributed by atoms with Gasteiger partial charge in [0.1, 0.15) is 5.82 Å². The summed E-state index contributed by atoms with van der Waals surface area (Å²) >= 11 is 0. The molecule has 1 atom stereocenters. The largest absolute Gasteiger partial charge is 0.366 e. The molecule has 0 spiro atoms. The molecule has 0 amide bonds. The van der Waals surface area contributed by atoms with Crippen LogP contribution in [0.2, 0.25) is 0 Å². The Balaban J connectivity index is 1.99. The molecule has 3 nitrogen and oxygen atoms in total. The topological polar surface area (TPSA) is 50.9 Å². The van der Waals surface area contributed by atoms with Crippen molar-refractivity contribution in [3.8, 4) is 0 Å². The second-order valence-electron chi connectivity index (χ2n) is 4.49. The van der Waals surface area contributed by atoms with Crippen LogP contribution in [0.5, 0.6) is 0 Å². The van der Waals surface area contributed by atoms with Gasteiger partial charge in [-0.1, -0.05) is 36.4 Å². The summed E-state index contributed by atoms with van der Waals surface area (Å²) in [6.45, 7) is 2.62. The lowest BCUT2D eigenvalue weighted by Crippen LogP contribution is -2.31. The minimum atomic E-state index is 0.211. The van der Waals surface area contributed by atoms with E-state index in [0.717, 1.165) is 17.8 Å². The predicted molar refractivity (Wildman–Crippen MR) is 75.6 cm³/mol. The Morgan fingerprint density at radius 1 is 1.17 bits per heavy atom. The number of hydrogen-bond acceptors (Lipinski definition) is 3. The third kappa shape index (κ3) is 3.57. The van der Waals surface area contributed by atoms with E-state index >= 15 is 0 Å². The molecule has 0 bridgehead atoms. The molecule has 94 valence electrons. The predicted octanol–water partition coefficient (Wildman–Crippen LogP) is 2.37. The average molecular weight is 241 g/mol. The fraction of sp³-hybridized carbons (Fsp3) is 0.267. The molecule has 1 aromatic heterocycles. The summed E-state index contributed by atoms with van der Waals surface area (Å²) in [5, 5.41) is 3.37. The van der Waals surface area contributed by atoms with Crippen LogP contribution >= 0.6 is 0 Å². The number of nitrogens with zero attached hydrogens (tertiary/aromatic N) is 1. The number of hydrogen-bond donors (Lipinski definition) is 2. The van der Waals surface area contributed by atoms with E-state index in [9.17, 15) is 0 Å². The monoisotopic (exact) mass is 241 g/mol. The molecule has 1 heterocycles. The van der Waals surface area contributed by atoms with Crippen LogP contribution in [-0.2, 0) is 6.42 Å². The smallest absolute Gasteiger partial charge is 0.126 e. The van der Waals surface area contributed by atoms with Crippen molar-refractivity contribution in [1.82, 2.24) is 4.98 Å². The van der Waals surface area contributed by atoms with Gasteiger partial charge in [0, 0.05) is 18.8 Å². The minimum Gasteiger partial charge on any atom is -0.366 e. The molecule has 1 unspecified atom stereocenters. The summed E-state index contributed by atoms with van der Waals surface area (Å²) in [5.74, 6) is 0.881. The molecular formula is C15H19N3. The number of aromatic nitrogens is 1. The van der Waals surface area contributed by atoms with Crippen LogP contribution in [0.15, 0.2) is 48.7 Å². The highest BCUT2D eigenvalue weighted by Crippen LogP contribution is 2.09. The number of anilines is 1. The molecule has 0 aliphatic rings. The number of aryl methyl sites for hydroxylation is 1. The van der Waals surface area contributed by atoms with Crippen LogP contribution in [0.1, 0.15) is 11.1 Å². The molecule has 0 aliphatic carbocycles. The lowest BCUT2D eigenvalue weighted by atomic mass is 10.1. The lowest BCUT2D eigenvalue weighted by Gasteiger charge is -2.17. The van der Waals surface area contributed by atoms with Gasteiger partial charge in [0.05, 0.1) is 0 Å². The highest BCUT2D eigenvalue weighted by molar-refractivity contribution is 5.37. The fourth-order valence-electron chi connectivity index (χ4n) is 1.85. The van der Waals surface area contributed by atoms with Crippen molar-refractivity contribution in [1.29, 1.82) is 0 Å². The van der Waals surface area contributed by atoms with Crippen LogP contribution < -0.4 is 11.1 Å². The van der Waals surface area contributed by atoms with E-state index in [1.807, 2.05) is 43.5 Å². The maximum atomic E-state index is 5.81. The van der Waals surface area contributed by atoms with Crippen molar-refractivity contribution < 1.29 is 0 Å². The third-order valence-electron chi connectivity index (χ3n) is 2.87. The summed E-state index contributed by atoms with van der Waals surface area (Å²) in [5.41, 5.74) is 8.25. The zero-order valence-electron chi connectivity index (χ0n) is 10.6. The Bertz CT molecular complexity index is 465. The van der Waals surface area contributed by atoms with E-state index in [1.54, 1.807) is 0 Å². The number of nitrogens with one attached hydrogen (secondary N) is 1. The zero-order chi connectivity index (χ0) is 12.8. The molecule has 0 saturated carbocycles. The number of nitrogens with two attached hydrogens (primary N) is 1. The van der Waals surface area contributed by atoms with Crippen molar-refractivity contribution in [3.05, 3.63) is 59.8 Å². The molecule has 0 saturated heterocycles. The second-order valence-corrected chi connectivity index (χ2v) is 4.49. The number of benzene rings is 1. The van der Waals surface area contributed by atoms with Gasteiger partial charge in [-0.2, -0.15) is 0 Å². The molecule has 0 fully saturated rings. The van der Waals surface area contributed by atoms with E-state index in [1.165, 1.54) is 5.56 Å². The standard InChI is InChI=1S/C15H19N3/c1-12-7-8-15(17-11-12)18-14(10-16)9-13-5-3-2-4-6-13/h2-8,11,14H,9-10,16H2,1H3,(H,17,18). The van der Waals surface area contributed by atoms with Gasteiger partial charge in [0.25, 0.3) is 0 Å². The molecule has 0 aliphatic heterocycles. The zero-order valence-corrected chi connectivity index (χ0v) is 10.6. The third-order valence-corrected chi connectivity index (χ3v) is 2.87.